The van der Waals surface area contributed by atoms with Crippen molar-refractivity contribution in [1.29, 1.82) is 0 Å². The number of anilines is 1. The Bertz CT molecular complexity index is 1330. The van der Waals surface area contributed by atoms with Crippen molar-refractivity contribution in [2.24, 2.45) is 5.10 Å². The van der Waals surface area contributed by atoms with Crippen LogP contribution in [0.5, 0.6) is 23.0 Å². The van der Waals surface area contributed by atoms with Crippen molar-refractivity contribution >= 4 is 27.8 Å². The number of nitrogens with zero attached hydrogens (tertiary/aromatic N) is 2. The van der Waals surface area contributed by atoms with E-state index in [9.17, 15) is 13.2 Å². The topological polar surface area (TPSA) is 116 Å². The van der Waals surface area contributed by atoms with Crippen molar-refractivity contribution < 1.29 is 32.2 Å². The van der Waals surface area contributed by atoms with Crippen LogP contribution in [0.2, 0.25) is 0 Å². The minimum Gasteiger partial charge on any atom is -0.497 e. The molecule has 3 aromatic carbocycles. The van der Waals surface area contributed by atoms with Gasteiger partial charge in [-0.2, -0.15) is 5.10 Å². The Morgan fingerprint density at radius 1 is 0.892 bits per heavy atom. The minimum atomic E-state index is -4.07. The van der Waals surface area contributed by atoms with Crippen molar-refractivity contribution in [1.82, 2.24) is 5.43 Å². The lowest BCUT2D eigenvalue weighted by Crippen LogP contribution is -2.39. The van der Waals surface area contributed by atoms with Crippen LogP contribution in [0.25, 0.3) is 0 Å². The lowest BCUT2D eigenvalue weighted by molar-refractivity contribution is -0.119. The smallest absolute Gasteiger partial charge is 0.264 e. The molecule has 10 nitrogen and oxygen atoms in total. The van der Waals surface area contributed by atoms with Crippen molar-refractivity contribution in [3.05, 3.63) is 71.8 Å². The van der Waals surface area contributed by atoms with Gasteiger partial charge in [0.15, 0.2) is 11.5 Å². The first kappa shape index (κ1) is 27.3. The van der Waals surface area contributed by atoms with E-state index in [4.69, 9.17) is 18.9 Å². The van der Waals surface area contributed by atoms with Crippen LogP contribution < -0.4 is 28.7 Å². The first-order chi connectivity index (χ1) is 17.7. The number of benzene rings is 3. The fourth-order valence-corrected chi connectivity index (χ4v) is 4.84. The average Bonchev–Trinajstić information content (AvgIpc) is 2.91. The summed E-state index contributed by atoms with van der Waals surface area (Å²) in [4.78, 5) is 12.8. The Kier molecular flexibility index (Phi) is 8.96. The SMILES string of the molecule is COc1ccc(S(=O)(=O)N(CC(=O)N/N=C\c2cc(OC)c(OC)c(OC)c2)c2ccc(C)cc2)cc1. The highest BCUT2D eigenvalue weighted by atomic mass is 32.2. The third kappa shape index (κ3) is 6.50. The summed E-state index contributed by atoms with van der Waals surface area (Å²) in [7, 11) is 1.89. The number of hydrazone groups is 1. The molecule has 0 radical (unpaired) electrons. The van der Waals surface area contributed by atoms with Gasteiger partial charge in [-0.05, 0) is 55.5 Å². The van der Waals surface area contributed by atoms with Crippen LogP contribution in [0, 0.1) is 6.92 Å². The van der Waals surface area contributed by atoms with Crippen LogP contribution in [-0.4, -0.2) is 55.5 Å². The van der Waals surface area contributed by atoms with Crippen LogP contribution in [0.4, 0.5) is 5.69 Å². The van der Waals surface area contributed by atoms with E-state index in [0.29, 0.717) is 34.2 Å². The number of sulfonamides is 1. The number of methoxy groups -OCH3 is 4. The Morgan fingerprint density at radius 2 is 1.49 bits per heavy atom. The summed E-state index contributed by atoms with van der Waals surface area (Å²) in [6, 6.07) is 16.1. The van der Waals surface area contributed by atoms with E-state index in [1.54, 1.807) is 48.5 Å². The van der Waals surface area contributed by atoms with Crippen molar-refractivity contribution in [3.8, 4) is 23.0 Å². The fraction of sp³-hybridized carbons (Fsp3) is 0.231. The summed E-state index contributed by atoms with van der Waals surface area (Å²) in [5.41, 5.74) is 4.23. The molecule has 0 saturated carbocycles. The lowest BCUT2D eigenvalue weighted by Gasteiger charge is -2.24. The molecule has 0 spiro atoms. The van der Waals surface area contributed by atoms with Gasteiger partial charge >= 0.3 is 0 Å². The maximum absolute atomic E-state index is 13.5. The molecule has 3 aromatic rings. The number of hydrogen-bond donors (Lipinski definition) is 1. The first-order valence-corrected chi connectivity index (χ1v) is 12.5. The first-order valence-electron chi connectivity index (χ1n) is 11.1. The van der Waals surface area contributed by atoms with E-state index in [1.807, 2.05) is 6.92 Å². The molecular formula is C26H29N3O7S. The third-order valence-corrected chi connectivity index (χ3v) is 7.13. The van der Waals surface area contributed by atoms with Gasteiger partial charge in [-0.3, -0.25) is 9.10 Å². The standard InChI is InChI=1S/C26H29N3O7S/c1-18-6-8-20(9-7-18)29(37(31,32)22-12-10-21(33-2)11-13-22)17-25(30)28-27-16-19-14-23(34-3)26(36-5)24(15-19)35-4/h6-16H,17H2,1-5H3,(H,28,30)/b27-16-. The molecule has 11 heteroatoms. The molecule has 1 amide bonds. The molecule has 1 N–H and O–H groups in total. The summed E-state index contributed by atoms with van der Waals surface area (Å²) in [5.74, 6) is 1.14. The molecule has 0 bridgehead atoms. The Labute approximate surface area is 216 Å². The summed E-state index contributed by atoms with van der Waals surface area (Å²) in [6.07, 6.45) is 1.39. The van der Waals surface area contributed by atoms with Gasteiger partial charge in [-0.1, -0.05) is 17.7 Å². The van der Waals surface area contributed by atoms with E-state index in [2.05, 4.69) is 10.5 Å². The van der Waals surface area contributed by atoms with Crippen LogP contribution >= 0.6 is 0 Å². The van der Waals surface area contributed by atoms with Gasteiger partial charge in [0.25, 0.3) is 15.9 Å². The molecule has 0 heterocycles. The Morgan fingerprint density at radius 3 is 2.00 bits per heavy atom. The number of carbonyl (C=O) groups excluding carboxylic acids is 1. The third-order valence-electron chi connectivity index (χ3n) is 5.35. The van der Waals surface area contributed by atoms with Crippen LogP contribution in [0.15, 0.2) is 70.7 Å². The van der Waals surface area contributed by atoms with Crippen LogP contribution in [0.3, 0.4) is 0 Å². The van der Waals surface area contributed by atoms with Crippen molar-refractivity contribution in [2.45, 2.75) is 11.8 Å². The number of nitrogens with one attached hydrogen (secondary N) is 1. The maximum atomic E-state index is 13.5. The zero-order valence-corrected chi connectivity index (χ0v) is 22.0. The van der Waals surface area contributed by atoms with Gasteiger partial charge in [-0.25, -0.2) is 13.8 Å². The highest BCUT2D eigenvalue weighted by Crippen LogP contribution is 2.37. The maximum Gasteiger partial charge on any atom is 0.264 e. The summed E-state index contributed by atoms with van der Waals surface area (Å²) in [6.45, 7) is 1.39. The second-order valence-electron chi connectivity index (χ2n) is 7.77. The highest BCUT2D eigenvalue weighted by molar-refractivity contribution is 7.92. The van der Waals surface area contributed by atoms with Gasteiger partial charge in [0.2, 0.25) is 5.75 Å². The molecule has 0 unspecified atom stereocenters. The molecule has 0 aliphatic heterocycles. The highest BCUT2D eigenvalue weighted by Gasteiger charge is 2.27. The van der Waals surface area contributed by atoms with Crippen LogP contribution in [-0.2, 0) is 14.8 Å². The monoisotopic (exact) mass is 527 g/mol. The van der Waals surface area contributed by atoms with E-state index in [0.717, 1.165) is 9.87 Å². The molecule has 0 aliphatic carbocycles. The number of ether oxygens (including phenoxy) is 4. The lowest BCUT2D eigenvalue weighted by atomic mass is 10.2. The molecule has 3 rings (SSSR count). The van der Waals surface area contributed by atoms with Gasteiger partial charge in [0.05, 0.1) is 45.2 Å². The molecule has 37 heavy (non-hydrogen) atoms. The molecule has 0 atom stereocenters. The fourth-order valence-electron chi connectivity index (χ4n) is 3.42. The van der Waals surface area contributed by atoms with Gasteiger partial charge < -0.3 is 18.9 Å². The zero-order valence-electron chi connectivity index (χ0n) is 21.2. The molecule has 0 aliphatic rings. The van der Waals surface area contributed by atoms with Gasteiger partial charge in [0, 0.05) is 5.56 Å². The molecule has 0 saturated heterocycles. The molecule has 196 valence electrons. The normalized spacial score (nSPS) is 11.2. The van der Waals surface area contributed by atoms with Crippen molar-refractivity contribution in [2.75, 3.05) is 39.3 Å². The summed E-state index contributed by atoms with van der Waals surface area (Å²) < 4.78 is 49.0. The second kappa shape index (κ2) is 12.1. The van der Waals surface area contributed by atoms with E-state index in [1.165, 1.54) is 46.8 Å². The summed E-state index contributed by atoms with van der Waals surface area (Å²) in [5, 5.41) is 3.97. The minimum absolute atomic E-state index is 0.0163. The number of hydrogen-bond acceptors (Lipinski definition) is 8. The van der Waals surface area contributed by atoms with E-state index in [-0.39, 0.29) is 4.90 Å². The number of aryl methyl sites for hydroxylation is 1. The van der Waals surface area contributed by atoms with Crippen molar-refractivity contribution in [3.63, 3.8) is 0 Å². The Balaban J connectivity index is 1.84. The molecular weight excluding hydrogens is 498 g/mol. The average molecular weight is 528 g/mol. The number of rotatable bonds is 11. The largest absolute Gasteiger partial charge is 0.497 e. The number of carbonyl (C=O) groups is 1. The Hall–Kier alpha value is -4.25. The predicted molar refractivity (Wildman–Crippen MR) is 141 cm³/mol. The zero-order chi connectivity index (χ0) is 27.0. The predicted octanol–water partition coefficient (Wildman–Crippen LogP) is 3.38. The number of amides is 1. The molecule has 0 aromatic heterocycles. The van der Waals surface area contributed by atoms with E-state index < -0.39 is 22.5 Å². The van der Waals surface area contributed by atoms with E-state index >= 15 is 0 Å². The quantitative estimate of drug-likeness (QED) is 0.300. The summed E-state index contributed by atoms with van der Waals surface area (Å²) >= 11 is 0. The van der Waals surface area contributed by atoms with Gasteiger partial charge in [0.1, 0.15) is 12.3 Å². The van der Waals surface area contributed by atoms with Gasteiger partial charge in [-0.15, -0.1) is 0 Å². The second-order valence-corrected chi connectivity index (χ2v) is 9.64. The molecule has 0 fully saturated rings. The van der Waals surface area contributed by atoms with Crippen LogP contribution in [0.1, 0.15) is 11.1 Å².